The van der Waals surface area contributed by atoms with Crippen molar-refractivity contribution in [3.8, 4) is 0 Å². The molecule has 218 valence electrons. The molecule has 2 aromatic rings. The summed E-state index contributed by atoms with van der Waals surface area (Å²) in [6.45, 7) is 8.52. The molecule has 1 amide bonds. The molecule has 2 heterocycles. The van der Waals surface area contributed by atoms with Crippen molar-refractivity contribution in [2.24, 2.45) is 17.3 Å². The van der Waals surface area contributed by atoms with Gasteiger partial charge in [0.2, 0.25) is 5.91 Å². The number of imidazole rings is 1. The first-order valence-corrected chi connectivity index (χ1v) is 16.1. The Morgan fingerprint density at radius 1 is 1.25 bits per heavy atom. The molecule has 6 nitrogen and oxygen atoms in total. The number of thioether (sulfide) groups is 1. The molecule has 0 radical (unpaired) electrons. The number of rotatable bonds is 12. The predicted octanol–water partition coefficient (Wildman–Crippen LogP) is 5.98. The van der Waals surface area contributed by atoms with Gasteiger partial charge in [-0.15, -0.1) is 11.8 Å². The van der Waals surface area contributed by atoms with Crippen molar-refractivity contribution in [3.05, 3.63) is 72.4 Å². The number of ether oxygens (including phenoxy) is 1. The van der Waals surface area contributed by atoms with Gasteiger partial charge < -0.3 is 14.6 Å². The Kier molecular flexibility index (Phi) is 11.5. The number of carbonyl (C=O) groups is 1. The van der Waals surface area contributed by atoms with Crippen LogP contribution in [0.15, 0.2) is 66.0 Å². The zero-order valence-corrected chi connectivity index (χ0v) is 25.7. The summed E-state index contributed by atoms with van der Waals surface area (Å²) in [5.74, 6) is 1.22. The minimum absolute atomic E-state index is 0.0864. The van der Waals surface area contributed by atoms with Gasteiger partial charge in [-0.2, -0.15) is 0 Å². The minimum Gasteiger partial charge on any atom is -0.381 e. The van der Waals surface area contributed by atoms with Gasteiger partial charge in [0.1, 0.15) is 0 Å². The molecule has 1 aromatic heterocycles. The number of nitrogens with one attached hydrogen (secondary N) is 1. The van der Waals surface area contributed by atoms with Gasteiger partial charge in [0.05, 0.1) is 19.0 Å². The summed E-state index contributed by atoms with van der Waals surface area (Å²) in [6, 6.07) is 8.59. The van der Waals surface area contributed by atoms with Crippen LogP contribution in [0, 0.1) is 17.3 Å². The highest BCUT2D eigenvalue weighted by Crippen LogP contribution is 2.31. The van der Waals surface area contributed by atoms with E-state index >= 15 is 0 Å². The summed E-state index contributed by atoms with van der Waals surface area (Å²) in [7, 11) is 2.10. The molecule has 1 fully saturated rings. The van der Waals surface area contributed by atoms with Crippen molar-refractivity contribution in [1.29, 1.82) is 0 Å². The molecule has 4 unspecified atom stereocenters. The monoisotopic (exact) mass is 564 g/mol. The van der Waals surface area contributed by atoms with E-state index in [4.69, 9.17) is 4.74 Å². The van der Waals surface area contributed by atoms with Crippen LogP contribution in [0.5, 0.6) is 0 Å². The summed E-state index contributed by atoms with van der Waals surface area (Å²) in [5.41, 5.74) is 2.51. The molecular formula is C33H48N4O2S. The van der Waals surface area contributed by atoms with Gasteiger partial charge in [-0.05, 0) is 81.5 Å². The smallest absolute Gasteiger partial charge is 0.237 e. The van der Waals surface area contributed by atoms with Crippen molar-refractivity contribution >= 4 is 17.7 Å². The predicted molar refractivity (Wildman–Crippen MR) is 166 cm³/mol. The van der Waals surface area contributed by atoms with Crippen LogP contribution in [-0.4, -0.2) is 66.0 Å². The highest BCUT2D eigenvalue weighted by molar-refractivity contribution is 7.98. The van der Waals surface area contributed by atoms with E-state index in [1.54, 1.807) is 11.8 Å². The SMILES string of the molecule is CSc1ccc(Cn2cncc2CCNC(=O)C2CC(C)C(CCOCC3(C)C=CC=CC3)CCCN2C)cc1. The number of aromatic nitrogens is 2. The minimum atomic E-state index is -0.0864. The molecule has 0 bridgehead atoms. The highest BCUT2D eigenvalue weighted by atomic mass is 32.2. The highest BCUT2D eigenvalue weighted by Gasteiger charge is 2.31. The molecule has 0 saturated carbocycles. The molecule has 1 aliphatic heterocycles. The topological polar surface area (TPSA) is 59.4 Å². The van der Waals surface area contributed by atoms with Crippen molar-refractivity contribution < 1.29 is 9.53 Å². The molecule has 2 aliphatic rings. The number of nitrogens with zero attached hydrogens (tertiary/aromatic N) is 3. The largest absolute Gasteiger partial charge is 0.381 e. The Morgan fingerprint density at radius 3 is 2.83 bits per heavy atom. The quantitative estimate of drug-likeness (QED) is 0.254. The standard InChI is InChI=1S/C33H48N4O2S/c1-26-21-31(36(3)19-8-9-28(26)15-20-39-24-33(2)16-6-5-7-17-33)32(38)35-18-14-29-22-34-25-37(29)23-27-10-12-30(40-4)13-11-27/h5-7,10-13,16,22,25-26,28,31H,8-9,14-15,17-21,23-24H2,1-4H3,(H,35,38). The Bertz CT molecular complexity index is 1130. The molecular weight excluding hydrogens is 516 g/mol. The van der Waals surface area contributed by atoms with E-state index in [0.717, 1.165) is 64.1 Å². The number of hydrogen-bond donors (Lipinski definition) is 1. The van der Waals surface area contributed by atoms with E-state index in [1.165, 1.54) is 16.9 Å². The maximum atomic E-state index is 13.3. The van der Waals surface area contributed by atoms with E-state index in [1.807, 2.05) is 12.5 Å². The number of amides is 1. The Hall–Kier alpha value is -2.35. The fourth-order valence-electron chi connectivity index (χ4n) is 5.98. The summed E-state index contributed by atoms with van der Waals surface area (Å²) in [6.07, 6.45) is 20.7. The van der Waals surface area contributed by atoms with Crippen molar-refractivity contribution in [2.75, 3.05) is 39.6 Å². The molecule has 1 aromatic carbocycles. The fourth-order valence-corrected chi connectivity index (χ4v) is 6.39. The molecule has 4 atom stereocenters. The second kappa shape index (κ2) is 15.0. The van der Waals surface area contributed by atoms with E-state index in [2.05, 4.69) is 95.5 Å². The van der Waals surface area contributed by atoms with E-state index in [0.29, 0.717) is 18.4 Å². The van der Waals surface area contributed by atoms with Crippen LogP contribution in [0.1, 0.15) is 57.2 Å². The molecule has 0 spiro atoms. The third kappa shape index (κ3) is 8.82. The van der Waals surface area contributed by atoms with Crippen molar-refractivity contribution in [1.82, 2.24) is 19.8 Å². The fraction of sp³-hybridized carbons (Fsp3) is 0.576. The third-order valence-corrected chi connectivity index (χ3v) is 9.45. The molecule has 1 aliphatic carbocycles. The number of hydrogen-bond acceptors (Lipinski definition) is 5. The van der Waals surface area contributed by atoms with Gasteiger partial charge in [-0.25, -0.2) is 4.98 Å². The van der Waals surface area contributed by atoms with E-state index in [-0.39, 0.29) is 17.4 Å². The summed E-state index contributed by atoms with van der Waals surface area (Å²) < 4.78 is 8.34. The average molecular weight is 565 g/mol. The first-order valence-electron chi connectivity index (χ1n) is 14.9. The van der Waals surface area contributed by atoms with Crippen LogP contribution in [0.25, 0.3) is 0 Å². The molecule has 4 rings (SSSR count). The van der Waals surface area contributed by atoms with Crippen LogP contribution in [0.3, 0.4) is 0 Å². The zero-order chi connectivity index (χ0) is 28.4. The van der Waals surface area contributed by atoms with Gasteiger partial charge in [-0.1, -0.05) is 50.3 Å². The molecule has 40 heavy (non-hydrogen) atoms. The van der Waals surface area contributed by atoms with Crippen molar-refractivity contribution in [2.45, 2.75) is 69.9 Å². The number of likely N-dealkylation sites (tertiary alicyclic amines) is 1. The van der Waals surface area contributed by atoms with Crippen LogP contribution in [0.4, 0.5) is 0 Å². The van der Waals surface area contributed by atoms with Gasteiger partial charge in [0.25, 0.3) is 0 Å². The summed E-state index contributed by atoms with van der Waals surface area (Å²) >= 11 is 1.75. The van der Waals surface area contributed by atoms with E-state index < -0.39 is 0 Å². The summed E-state index contributed by atoms with van der Waals surface area (Å²) in [4.78, 5) is 21.2. The molecule has 1 saturated heterocycles. The normalized spacial score (nSPS) is 25.4. The lowest BCUT2D eigenvalue weighted by Gasteiger charge is -2.36. The maximum absolute atomic E-state index is 13.3. The zero-order valence-electron chi connectivity index (χ0n) is 24.9. The van der Waals surface area contributed by atoms with Crippen LogP contribution < -0.4 is 5.32 Å². The number of carbonyl (C=O) groups excluding carboxylic acids is 1. The van der Waals surface area contributed by atoms with Crippen molar-refractivity contribution in [3.63, 3.8) is 0 Å². The molecule has 7 heteroatoms. The van der Waals surface area contributed by atoms with Gasteiger partial charge >= 0.3 is 0 Å². The lowest BCUT2D eigenvalue weighted by molar-refractivity contribution is -0.127. The first kappa shape index (κ1) is 30.6. The maximum Gasteiger partial charge on any atom is 0.237 e. The van der Waals surface area contributed by atoms with Gasteiger partial charge in [-0.3, -0.25) is 9.69 Å². The Balaban J connectivity index is 1.23. The first-order chi connectivity index (χ1) is 19.4. The summed E-state index contributed by atoms with van der Waals surface area (Å²) in [5, 5.41) is 3.24. The Labute approximate surface area is 245 Å². The number of benzene rings is 1. The second-order valence-electron chi connectivity index (χ2n) is 12.0. The lowest BCUT2D eigenvalue weighted by Crippen LogP contribution is -2.48. The second-order valence-corrected chi connectivity index (χ2v) is 12.9. The van der Waals surface area contributed by atoms with E-state index in [9.17, 15) is 4.79 Å². The lowest BCUT2D eigenvalue weighted by atomic mass is 9.81. The van der Waals surface area contributed by atoms with Gasteiger partial charge in [0.15, 0.2) is 0 Å². The average Bonchev–Trinajstić information content (AvgIpc) is 3.39. The van der Waals surface area contributed by atoms with Gasteiger partial charge in [0, 0.05) is 48.3 Å². The van der Waals surface area contributed by atoms with Crippen LogP contribution in [0.2, 0.25) is 0 Å². The number of likely N-dealkylation sites (N-methyl/N-ethyl adjacent to an activating group) is 1. The third-order valence-electron chi connectivity index (χ3n) is 8.71. The molecule has 1 N–H and O–H groups in total. The van der Waals surface area contributed by atoms with Crippen LogP contribution in [-0.2, 0) is 22.5 Å². The number of allylic oxidation sites excluding steroid dienone is 3. The Morgan fingerprint density at radius 2 is 2.08 bits per heavy atom. The van der Waals surface area contributed by atoms with Crippen LogP contribution >= 0.6 is 11.8 Å².